The van der Waals surface area contributed by atoms with Gasteiger partial charge in [-0.2, -0.15) is 4.98 Å². The van der Waals surface area contributed by atoms with Crippen LogP contribution in [0.25, 0.3) is 33.8 Å². The molecule has 0 aliphatic rings. The average molecular weight is 332 g/mol. The molecule has 3 heterocycles. The van der Waals surface area contributed by atoms with Crippen LogP contribution < -0.4 is 5.73 Å². The van der Waals surface area contributed by atoms with Gasteiger partial charge in [0.2, 0.25) is 5.95 Å². The second kappa shape index (κ2) is 5.55. The van der Waals surface area contributed by atoms with Gasteiger partial charge in [0.1, 0.15) is 5.52 Å². The number of nitrogens with zero attached hydrogens (tertiary/aromatic N) is 3. The zero-order chi connectivity index (χ0) is 17.6. The Morgan fingerprint density at radius 1 is 1.12 bits per heavy atom. The number of anilines is 1. The van der Waals surface area contributed by atoms with E-state index in [1.165, 1.54) is 0 Å². The van der Waals surface area contributed by atoms with Crippen LogP contribution in [0.4, 0.5) is 5.95 Å². The highest BCUT2D eigenvalue weighted by Gasteiger charge is 2.22. The van der Waals surface area contributed by atoms with Gasteiger partial charge in [-0.15, -0.1) is 0 Å². The largest absolute Gasteiger partial charge is 0.368 e. The quantitative estimate of drug-likeness (QED) is 0.499. The second-order valence-corrected chi connectivity index (χ2v) is 5.85. The summed E-state index contributed by atoms with van der Waals surface area (Å²) in [6, 6.07) is 9.76. The van der Waals surface area contributed by atoms with Crippen molar-refractivity contribution in [1.29, 1.82) is 0 Å². The van der Waals surface area contributed by atoms with E-state index in [1.807, 2.05) is 37.3 Å². The van der Waals surface area contributed by atoms with E-state index in [0.717, 1.165) is 22.5 Å². The molecular weight excluding hydrogens is 316 g/mol. The molecule has 4 N–H and O–H groups in total. The Balaban J connectivity index is 2.00. The number of aromatic amines is 2. The van der Waals surface area contributed by atoms with Crippen LogP contribution in [0.1, 0.15) is 23.0 Å². The van der Waals surface area contributed by atoms with Crippen molar-refractivity contribution in [3.05, 3.63) is 47.8 Å². The van der Waals surface area contributed by atoms with E-state index in [9.17, 15) is 4.79 Å². The molecule has 4 rings (SSSR count). The van der Waals surface area contributed by atoms with E-state index in [-0.39, 0.29) is 11.7 Å². The van der Waals surface area contributed by atoms with E-state index in [4.69, 9.17) is 5.73 Å². The Bertz CT molecular complexity index is 1090. The van der Waals surface area contributed by atoms with Gasteiger partial charge in [-0.1, -0.05) is 30.3 Å². The minimum Gasteiger partial charge on any atom is -0.368 e. The SMILES string of the molecule is CC(=O)c1c(C)[nH]c(-c2nc3nc(N)ncc3[nH]2)c1-c1ccccc1. The van der Waals surface area contributed by atoms with Gasteiger partial charge in [-0.05, 0) is 19.4 Å². The third-order valence-electron chi connectivity index (χ3n) is 4.10. The highest BCUT2D eigenvalue weighted by molar-refractivity contribution is 6.05. The van der Waals surface area contributed by atoms with Crippen LogP contribution in [0.5, 0.6) is 0 Å². The van der Waals surface area contributed by atoms with Crippen LogP contribution in [0, 0.1) is 6.92 Å². The molecule has 7 heteroatoms. The molecule has 0 saturated heterocycles. The summed E-state index contributed by atoms with van der Waals surface area (Å²) in [5.41, 5.74) is 10.8. The van der Waals surface area contributed by atoms with Crippen molar-refractivity contribution in [2.45, 2.75) is 13.8 Å². The molecule has 124 valence electrons. The normalized spacial score (nSPS) is 11.1. The smallest absolute Gasteiger partial charge is 0.222 e. The first kappa shape index (κ1) is 15.1. The number of benzene rings is 1. The number of nitrogen functional groups attached to an aromatic ring is 1. The number of rotatable bonds is 3. The molecule has 1 aromatic carbocycles. The van der Waals surface area contributed by atoms with Crippen LogP contribution in [-0.2, 0) is 0 Å². The maximum Gasteiger partial charge on any atom is 0.222 e. The molecule has 3 aromatic heterocycles. The van der Waals surface area contributed by atoms with Crippen molar-refractivity contribution in [1.82, 2.24) is 24.9 Å². The van der Waals surface area contributed by atoms with E-state index in [0.29, 0.717) is 22.6 Å². The fraction of sp³-hybridized carbons (Fsp3) is 0.111. The summed E-state index contributed by atoms with van der Waals surface area (Å²) in [5, 5.41) is 0. The lowest BCUT2D eigenvalue weighted by Gasteiger charge is -2.05. The summed E-state index contributed by atoms with van der Waals surface area (Å²) in [6.45, 7) is 3.45. The zero-order valence-electron chi connectivity index (χ0n) is 13.8. The van der Waals surface area contributed by atoms with E-state index >= 15 is 0 Å². The predicted molar refractivity (Wildman–Crippen MR) is 96.1 cm³/mol. The molecule has 0 radical (unpaired) electrons. The molecule has 0 bridgehead atoms. The summed E-state index contributed by atoms with van der Waals surface area (Å²) in [6.07, 6.45) is 1.60. The van der Waals surface area contributed by atoms with Gasteiger partial charge < -0.3 is 15.7 Å². The molecule has 0 amide bonds. The number of ketones is 1. The topological polar surface area (TPSA) is 113 Å². The Kier molecular flexibility index (Phi) is 3.35. The van der Waals surface area contributed by atoms with Crippen LogP contribution in [0.3, 0.4) is 0 Å². The van der Waals surface area contributed by atoms with Crippen molar-refractivity contribution in [2.24, 2.45) is 0 Å². The summed E-state index contributed by atoms with van der Waals surface area (Å²) >= 11 is 0. The van der Waals surface area contributed by atoms with Crippen molar-refractivity contribution in [2.75, 3.05) is 5.73 Å². The lowest BCUT2D eigenvalue weighted by molar-refractivity contribution is 0.101. The monoisotopic (exact) mass is 332 g/mol. The summed E-state index contributed by atoms with van der Waals surface area (Å²) in [5.74, 6) is 0.754. The van der Waals surface area contributed by atoms with Gasteiger partial charge in [-0.25, -0.2) is 9.97 Å². The fourth-order valence-corrected chi connectivity index (χ4v) is 3.08. The van der Waals surface area contributed by atoms with Crippen LogP contribution in [-0.4, -0.2) is 30.7 Å². The first-order valence-corrected chi connectivity index (χ1v) is 7.82. The minimum atomic E-state index is -0.000926. The van der Waals surface area contributed by atoms with Gasteiger partial charge in [0.15, 0.2) is 17.3 Å². The number of fused-ring (bicyclic) bond motifs is 1. The number of imidazole rings is 1. The lowest BCUT2D eigenvalue weighted by Crippen LogP contribution is -1.95. The number of aryl methyl sites for hydroxylation is 1. The summed E-state index contributed by atoms with van der Waals surface area (Å²) in [4.78, 5) is 31.3. The minimum absolute atomic E-state index is 0.000926. The van der Waals surface area contributed by atoms with Gasteiger partial charge in [0, 0.05) is 16.8 Å². The summed E-state index contributed by atoms with van der Waals surface area (Å²) < 4.78 is 0. The van der Waals surface area contributed by atoms with Crippen LogP contribution >= 0.6 is 0 Å². The number of hydrogen-bond acceptors (Lipinski definition) is 5. The van der Waals surface area contributed by atoms with E-state index in [1.54, 1.807) is 13.1 Å². The average Bonchev–Trinajstić information content (AvgIpc) is 3.15. The first-order chi connectivity index (χ1) is 12.0. The Labute approximate surface area is 143 Å². The van der Waals surface area contributed by atoms with E-state index in [2.05, 4.69) is 24.9 Å². The second-order valence-electron chi connectivity index (χ2n) is 5.85. The standard InChI is InChI=1S/C18H16N6O/c1-9-13(10(2)25)14(11-6-4-3-5-7-11)15(21-9)17-22-12-8-20-18(19)24-16(12)23-17/h3-8,21H,1-2H3,(H3,19,20,22,23,24). The van der Waals surface area contributed by atoms with Crippen molar-refractivity contribution < 1.29 is 4.79 Å². The molecule has 0 aliphatic heterocycles. The Morgan fingerprint density at radius 2 is 1.88 bits per heavy atom. The van der Waals surface area contributed by atoms with Gasteiger partial charge in [0.25, 0.3) is 0 Å². The molecule has 0 atom stereocenters. The van der Waals surface area contributed by atoms with Gasteiger partial charge >= 0.3 is 0 Å². The summed E-state index contributed by atoms with van der Waals surface area (Å²) in [7, 11) is 0. The van der Waals surface area contributed by atoms with Crippen molar-refractivity contribution in [3.63, 3.8) is 0 Å². The number of H-pyrrole nitrogens is 2. The lowest BCUT2D eigenvalue weighted by atomic mass is 9.98. The van der Waals surface area contributed by atoms with E-state index < -0.39 is 0 Å². The molecular formula is C18H16N6O. The zero-order valence-corrected chi connectivity index (χ0v) is 13.8. The molecule has 7 nitrogen and oxygen atoms in total. The number of Topliss-reactive ketones (excluding diaryl/α,β-unsaturated/α-hetero) is 1. The Hall–Kier alpha value is -3.48. The molecule has 0 saturated carbocycles. The first-order valence-electron chi connectivity index (χ1n) is 7.82. The number of aromatic nitrogens is 5. The number of carbonyl (C=O) groups excluding carboxylic acids is 1. The highest BCUT2D eigenvalue weighted by Crippen LogP contribution is 2.36. The third kappa shape index (κ3) is 2.46. The van der Waals surface area contributed by atoms with Crippen molar-refractivity contribution >= 4 is 22.9 Å². The molecule has 0 aliphatic carbocycles. The van der Waals surface area contributed by atoms with Gasteiger partial charge in [-0.3, -0.25) is 4.79 Å². The van der Waals surface area contributed by atoms with Gasteiger partial charge in [0.05, 0.1) is 11.9 Å². The number of nitrogens with two attached hydrogens (primary N) is 1. The number of carbonyl (C=O) groups is 1. The van der Waals surface area contributed by atoms with Crippen molar-refractivity contribution in [3.8, 4) is 22.6 Å². The van der Waals surface area contributed by atoms with Crippen LogP contribution in [0.15, 0.2) is 36.5 Å². The third-order valence-corrected chi connectivity index (χ3v) is 4.10. The highest BCUT2D eigenvalue weighted by atomic mass is 16.1. The number of nitrogens with one attached hydrogen (secondary N) is 2. The number of hydrogen-bond donors (Lipinski definition) is 3. The predicted octanol–water partition coefficient (Wildman–Crippen LogP) is 3.11. The fourth-order valence-electron chi connectivity index (χ4n) is 3.08. The Morgan fingerprint density at radius 3 is 2.60 bits per heavy atom. The molecule has 0 spiro atoms. The maximum absolute atomic E-state index is 12.2. The maximum atomic E-state index is 12.2. The molecule has 4 aromatic rings. The molecule has 0 unspecified atom stereocenters. The molecule has 0 fully saturated rings. The molecule has 25 heavy (non-hydrogen) atoms. The van der Waals surface area contributed by atoms with Crippen LogP contribution in [0.2, 0.25) is 0 Å².